The second kappa shape index (κ2) is 30.3. The van der Waals surface area contributed by atoms with Crippen molar-refractivity contribution in [2.45, 2.75) is 175 Å². The van der Waals surface area contributed by atoms with Crippen molar-refractivity contribution in [1.82, 2.24) is 46.8 Å². The molecule has 4 rings (SSSR count). The van der Waals surface area contributed by atoms with Crippen LogP contribution in [0.1, 0.15) is 117 Å². The maximum absolute atomic E-state index is 14.8. The number of nitrogens with zero attached hydrogens (tertiary/aromatic N) is 2. The number of amides is 7. The molecular formula is C57H79N9O11. The summed E-state index contributed by atoms with van der Waals surface area (Å²) in [4.78, 5) is 115. The molecule has 0 bridgehead atoms. The molecule has 4 aromatic rings. The highest BCUT2D eigenvalue weighted by Crippen LogP contribution is 2.16. The van der Waals surface area contributed by atoms with Gasteiger partial charge in [0.05, 0.1) is 49.4 Å². The molecule has 20 heteroatoms. The van der Waals surface area contributed by atoms with Crippen LogP contribution in [0.25, 0.3) is 0 Å². The van der Waals surface area contributed by atoms with Gasteiger partial charge in [-0.05, 0) is 78.5 Å². The third kappa shape index (κ3) is 23.1. The lowest BCUT2D eigenvalue weighted by Gasteiger charge is -2.32. The zero-order valence-electron chi connectivity index (χ0n) is 46.1. The van der Waals surface area contributed by atoms with Crippen LogP contribution in [-0.4, -0.2) is 117 Å². The summed E-state index contributed by atoms with van der Waals surface area (Å²) in [7, 11) is 0. The zero-order chi connectivity index (χ0) is 56.7. The molecule has 1 aromatic heterocycles. The van der Waals surface area contributed by atoms with Crippen LogP contribution in [0.4, 0.5) is 0 Å². The van der Waals surface area contributed by atoms with Crippen molar-refractivity contribution in [3.63, 3.8) is 0 Å². The number of ether oxygens (including phenoxy) is 3. The molecule has 77 heavy (non-hydrogen) atoms. The Morgan fingerprint density at radius 3 is 1.73 bits per heavy atom. The van der Waals surface area contributed by atoms with Gasteiger partial charge in [-0.2, -0.15) is 0 Å². The van der Waals surface area contributed by atoms with Crippen molar-refractivity contribution >= 4 is 47.3 Å². The Labute approximate surface area is 452 Å². The van der Waals surface area contributed by atoms with E-state index in [0.29, 0.717) is 25.1 Å². The third-order valence-electron chi connectivity index (χ3n) is 11.7. The lowest BCUT2D eigenvalue weighted by atomic mass is 10.0. The standard InChI is InChI=1S/C57H79N9O11/c1-11-12-28-44(52(71)63-46(30-48(69)77-57(8,9)10)51(70)59-32-47(68)58-31-40-22-16-13-17-23-40)62-54(73)49(37(2)75-35-42-26-20-15-21-27-42)65-53(72)45(29-43-34-66(36-60-43)33-41-24-18-14-19-25-41)64-55(74)50(61-39(4)67)38(3)76-56(5,6)7/h13-27,34,36-38,44-46,49-50H,11-12,28-33,35H2,1-10H3,(H,58,68)(H,59,70)(H,61,67)(H,62,73)(H,63,71)(H,64,74)(H,65,72)/t37-,38-,44+,45+,46+,49+,50+/m1/s1. The van der Waals surface area contributed by atoms with Crippen molar-refractivity contribution in [2.75, 3.05) is 6.54 Å². The molecule has 0 aliphatic rings. The van der Waals surface area contributed by atoms with Gasteiger partial charge < -0.3 is 56.0 Å². The van der Waals surface area contributed by atoms with Gasteiger partial charge in [-0.25, -0.2) is 4.98 Å². The van der Waals surface area contributed by atoms with Crippen LogP contribution in [-0.2, 0) is 78.7 Å². The topological polar surface area (TPSA) is 266 Å². The quantitative estimate of drug-likeness (QED) is 0.0380. The van der Waals surface area contributed by atoms with Gasteiger partial charge in [0.1, 0.15) is 35.8 Å². The molecule has 418 valence electrons. The number of nitrogens with one attached hydrogen (secondary N) is 7. The molecule has 7 N–H and O–H groups in total. The monoisotopic (exact) mass is 1070 g/mol. The lowest BCUT2D eigenvalue weighted by Crippen LogP contribution is -2.62. The van der Waals surface area contributed by atoms with Gasteiger partial charge >= 0.3 is 5.97 Å². The van der Waals surface area contributed by atoms with Crippen LogP contribution in [0.15, 0.2) is 104 Å². The van der Waals surface area contributed by atoms with Gasteiger partial charge in [0.15, 0.2) is 0 Å². The van der Waals surface area contributed by atoms with Crippen LogP contribution in [0.3, 0.4) is 0 Å². The Morgan fingerprint density at radius 1 is 0.610 bits per heavy atom. The highest BCUT2D eigenvalue weighted by Gasteiger charge is 2.38. The Hall–Kier alpha value is -7.45. The highest BCUT2D eigenvalue weighted by atomic mass is 16.6. The summed E-state index contributed by atoms with van der Waals surface area (Å²) in [5.41, 5.74) is 1.36. The van der Waals surface area contributed by atoms with E-state index in [0.717, 1.165) is 16.7 Å². The molecule has 0 aliphatic heterocycles. The molecule has 7 amide bonds. The molecule has 0 saturated carbocycles. The molecule has 20 nitrogen and oxygen atoms in total. The number of esters is 1. The molecule has 7 atom stereocenters. The van der Waals surface area contributed by atoms with E-state index in [1.165, 1.54) is 6.92 Å². The van der Waals surface area contributed by atoms with Crippen LogP contribution in [0, 0.1) is 0 Å². The fourth-order valence-corrected chi connectivity index (χ4v) is 7.98. The first kappa shape index (κ1) is 62.1. The van der Waals surface area contributed by atoms with E-state index in [9.17, 15) is 38.4 Å². The maximum atomic E-state index is 14.8. The fraction of sp³-hybridized carbons (Fsp3) is 0.491. The molecule has 3 aromatic carbocycles. The minimum atomic E-state index is -1.54. The number of aromatic nitrogens is 2. The molecule has 0 saturated heterocycles. The van der Waals surface area contributed by atoms with Gasteiger partial charge in [-0.3, -0.25) is 38.4 Å². The Morgan fingerprint density at radius 2 is 1.16 bits per heavy atom. The molecule has 0 fully saturated rings. The normalized spacial score (nSPS) is 14.2. The van der Waals surface area contributed by atoms with E-state index in [4.69, 9.17) is 14.2 Å². The van der Waals surface area contributed by atoms with Crippen molar-refractivity contribution in [2.24, 2.45) is 0 Å². The first-order chi connectivity index (χ1) is 36.4. The molecule has 0 spiro atoms. The van der Waals surface area contributed by atoms with Crippen molar-refractivity contribution < 1.29 is 52.6 Å². The average molecular weight is 1070 g/mol. The number of hydrogen-bond donors (Lipinski definition) is 7. The van der Waals surface area contributed by atoms with E-state index in [-0.39, 0.29) is 26.0 Å². The highest BCUT2D eigenvalue weighted by molar-refractivity contribution is 5.98. The van der Waals surface area contributed by atoms with Crippen LogP contribution < -0.4 is 37.2 Å². The first-order valence-corrected chi connectivity index (χ1v) is 26.1. The summed E-state index contributed by atoms with van der Waals surface area (Å²) in [6.07, 6.45) is 1.73. The van der Waals surface area contributed by atoms with Crippen molar-refractivity contribution in [3.8, 4) is 0 Å². The number of hydrogen-bond acceptors (Lipinski definition) is 12. The predicted octanol–water partition coefficient (Wildman–Crippen LogP) is 4.08. The Bertz CT molecular complexity index is 2550. The molecular weight excluding hydrogens is 987 g/mol. The largest absolute Gasteiger partial charge is 0.460 e. The molecule has 1 heterocycles. The average Bonchev–Trinajstić information content (AvgIpc) is 3.81. The maximum Gasteiger partial charge on any atom is 0.308 e. The van der Waals surface area contributed by atoms with E-state index in [1.54, 1.807) is 67.9 Å². The first-order valence-electron chi connectivity index (χ1n) is 26.1. The van der Waals surface area contributed by atoms with Gasteiger partial charge in [0.2, 0.25) is 41.4 Å². The van der Waals surface area contributed by atoms with E-state index < -0.39 is 114 Å². The number of imidazole rings is 1. The Kier molecular flexibility index (Phi) is 24.5. The SMILES string of the molecule is CCCC[C@H](NC(=O)[C@@H](NC(=O)[C@H](Cc1cn(Cc2ccccc2)cn1)NC(=O)[C@@H](NC(C)=O)[C@@H](C)OC(C)(C)C)[C@@H](C)OCc1ccccc1)C(=O)N[C@@H](CC(=O)OC(C)(C)C)C(=O)NCC(=O)NCc1ccccc1. The minimum Gasteiger partial charge on any atom is -0.460 e. The van der Waals surface area contributed by atoms with Crippen LogP contribution in [0.5, 0.6) is 0 Å². The van der Waals surface area contributed by atoms with Gasteiger partial charge in [-0.15, -0.1) is 0 Å². The van der Waals surface area contributed by atoms with Crippen LogP contribution in [0.2, 0.25) is 0 Å². The van der Waals surface area contributed by atoms with E-state index in [1.807, 2.05) is 102 Å². The molecule has 0 radical (unpaired) electrons. The number of benzene rings is 3. The number of unbranched alkanes of at least 4 members (excludes halogenated alkanes) is 1. The summed E-state index contributed by atoms with van der Waals surface area (Å²) in [5, 5.41) is 18.8. The van der Waals surface area contributed by atoms with E-state index >= 15 is 0 Å². The second-order valence-corrected chi connectivity index (χ2v) is 20.9. The number of carbonyl (C=O) groups excluding carboxylic acids is 8. The summed E-state index contributed by atoms with van der Waals surface area (Å²) in [6, 6.07) is 20.9. The summed E-state index contributed by atoms with van der Waals surface area (Å²) in [5.74, 6) is -5.96. The molecule has 0 unspecified atom stereocenters. The predicted molar refractivity (Wildman–Crippen MR) is 289 cm³/mol. The second-order valence-electron chi connectivity index (χ2n) is 20.9. The van der Waals surface area contributed by atoms with Gasteiger partial charge in [0.25, 0.3) is 0 Å². The van der Waals surface area contributed by atoms with Crippen molar-refractivity contribution in [3.05, 3.63) is 126 Å². The number of carbonyl (C=O) groups is 8. The van der Waals surface area contributed by atoms with Gasteiger partial charge in [0, 0.05) is 32.6 Å². The number of rotatable bonds is 29. The van der Waals surface area contributed by atoms with Crippen molar-refractivity contribution in [1.29, 1.82) is 0 Å². The lowest BCUT2D eigenvalue weighted by molar-refractivity contribution is -0.156. The van der Waals surface area contributed by atoms with Gasteiger partial charge in [-0.1, -0.05) is 111 Å². The minimum absolute atomic E-state index is 0.0240. The Balaban J connectivity index is 1.66. The zero-order valence-corrected chi connectivity index (χ0v) is 46.1. The smallest absolute Gasteiger partial charge is 0.308 e. The van der Waals surface area contributed by atoms with Crippen LogP contribution >= 0.6 is 0 Å². The fourth-order valence-electron chi connectivity index (χ4n) is 7.98. The summed E-state index contributed by atoms with van der Waals surface area (Å²) < 4.78 is 19.6. The van der Waals surface area contributed by atoms with E-state index in [2.05, 4.69) is 42.2 Å². The summed E-state index contributed by atoms with van der Waals surface area (Å²) >= 11 is 0. The summed E-state index contributed by atoms with van der Waals surface area (Å²) in [6.45, 7) is 16.9. The molecule has 0 aliphatic carbocycles. The third-order valence-corrected chi connectivity index (χ3v) is 11.7.